The SMILES string of the molecule is CCN(C)C=Nc1cc2c(cc1C)C(C1CCCCC1)OCC2. The molecule has 1 heterocycles. The minimum atomic E-state index is 0.314. The molecular formula is C20H30N2O. The van der Waals surface area contributed by atoms with Crippen molar-refractivity contribution in [2.45, 2.75) is 58.5 Å². The van der Waals surface area contributed by atoms with Crippen LogP contribution in [0.5, 0.6) is 0 Å². The number of aliphatic imine (C=N–C) groups is 1. The molecule has 0 aromatic heterocycles. The Hall–Kier alpha value is -1.35. The fraction of sp³-hybridized carbons (Fsp3) is 0.650. The summed E-state index contributed by atoms with van der Waals surface area (Å²) in [5, 5.41) is 0. The van der Waals surface area contributed by atoms with Gasteiger partial charge in [-0.15, -0.1) is 0 Å². The summed E-state index contributed by atoms with van der Waals surface area (Å²) >= 11 is 0. The van der Waals surface area contributed by atoms with Crippen molar-refractivity contribution in [1.29, 1.82) is 0 Å². The molecule has 126 valence electrons. The van der Waals surface area contributed by atoms with Crippen molar-refractivity contribution in [2.24, 2.45) is 10.9 Å². The Morgan fingerprint density at radius 2 is 2.04 bits per heavy atom. The molecule has 2 aliphatic rings. The van der Waals surface area contributed by atoms with E-state index >= 15 is 0 Å². The number of hydrogen-bond donors (Lipinski definition) is 0. The zero-order valence-corrected chi connectivity index (χ0v) is 14.8. The normalized spacial score (nSPS) is 22.3. The summed E-state index contributed by atoms with van der Waals surface area (Å²) in [5.74, 6) is 0.711. The van der Waals surface area contributed by atoms with Gasteiger partial charge in [0.1, 0.15) is 0 Å². The van der Waals surface area contributed by atoms with Crippen molar-refractivity contribution >= 4 is 12.0 Å². The molecule has 3 rings (SSSR count). The molecule has 23 heavy (non-hydrogen) atoms. The Kier molecular flexibility index (Phi) is 5.37. The molecule has 3 nitrogen and oxygen atoms in total. The average Bonchev–Trinajstić information content (AvgIpc) is 2.60. The minimum absolute atomic E-state index is 0.314. The van der Waals surface area contributed by atoms with Crippen LogP contribution in [0.4, 0.5) is 5.69 Å². The molecule has 1 aromatic rings. The topological polar surface area (TPSA) is 24.8 Å². The summed E-state index contributed by atoms with van der Waals surface area (Å²) in [4.78, 5) is 6.79. The number of nitrogens with zero attached hydrogens (tertiary/aromatic N) is 2. The van der Waals surface area contributed by atoms with Crippen LogP contribution in [0.25, 0.3) is 0 Å². The van der Waals surface area contributed by atoms with Crippen molar-refractivity contribution in [3.8, 4) is 0 Å². The van der Waals surface area contributed by atoms with Gasteiger partial charge in [0.2, 0.25) is 0 Å². The van der Waals surface area contributed by atoms with Gasteiger partial charge in [0.05, 0.1) is 24.7 Å². The molecule has 0 bridgehead atoms. The highest BCUT2D eigenvalue weighted by atomic mass is 16.5. The first kappa shape index (κ1) is 16.5. The lowest BCUT2D eigenvalue weighted by Gasteiger charge is -2.35. The quantitative estimate of drug-likeness (QED) is 0.589. The molecule has 0 spiro atoms. The van der Waals surface area contributed by atoms with Crippen LogP contribution in [0.3, 0.4) is 0 Å². The van der Waals surface area contributed by atoms with E-state index in [1.165, 1.54) is 48.8 Å². The van der Waals surface area contributed by atoms with E-state index in [0.29, 0.717) is 12.0 Å². The van der Waals surface area contributed by atoms with Gasteiger partial charge in [0, 0.05) is 13.6 Å². The predicted octanol–water partition coefficient (Wildman–Crippen LogP) is 4.80. The first-order valence-corrected chi connectivity index (χ1v) is 9.18. The van der Waals surface area contributed by atoms with Crippen LogP contribution < -0.4 is 0 Å². The second-order valence-corrected chi connectivity index (χ2v) is 7.09. The Balaban J connectivity index is 1.86. The molecule has 1 saturated carbocycles. The third kappa shape index (κ3) is 3.77. The van der Waals surface area contributed by atoms with Crippen LogP contribution in [0.1, 0.15) is 61.8 Å². The number of ether oxygens (including phenoxy) is 1. The van der Waals surface area contributed by atoms with Crippen molar-refractivity contribution in [3.05, 3.63) is 28.8 Å². The first-order valence-electron chi connectivity index (χ1n) is 9.18. The minimum Gasteiger partial charge on any atom is -0.373 e. The molecule has 0 amide bonds. The standard InChI is InChI=1S/C20H30N2O/c1-4-22(3)14-21-19-13-17-10-11-23-20(18(17)12-15(19)2)16-8-6-5-7-9-16/h12-14,16,20H,4-11H2,1-3H3. The highest BCUT2D eigenvalue weighted by Gasteiger charge is 2.30. The van der Waals surface area contributed by atoms with E-state index in [0.717, 1.165) is 25.3 Å². The molecule has 3 heteroatoms. The smallest absolute Gasteiger partial charge is 0.0909 e. The van der Waals surface area contributed by atoms with Crippen LogP contribution in [0.2, 0.25) is 0 Å². The molecule has 0 saturated heterocycles. The van der Waals surface area contributed by atoms with Crippen LogP contribution in [-0.2, 0) is 11.2 Å². The number of rotatable bonds is 4. The van der Waals surface area contributed by atoms with E-state index in [4.69, 9.17) is 4.74 Å². The van der Waals surface area contributed by atoms with E-state index in [-0.39, 0.29) is 0 Å². The zero-order valence-electron chi connectivity index (χ0n) is 14.8. The van der Waals surface area contributed by atoms with Crippen molar-refractivity contribution < 1.29 is 4.74 Å². The molecule has 1 atom stereocenters. The summed E-state index contributed by atoms with van der Waals surface area (Å²) in [6.45, 7) is 6.14. The van der Waals surface area contributed by atoms with Gasteiger partial charge in [-0.1, -0.05) is 25.3 Å². The van der Waals surface area contributed by atoms with E-state index in [2.05, 4.69) is 42.9 Å². The van der Waals surface area contributed by atoms with Crippen molar-refractivity contribution in [2.75, 3.05) is 20.2 Å². The van der Waals surface area contributed by atoms with Crippen molar-refractivity contribution in [1.82, 2.24) is 4.90 Å². The van der Waals surface area contributed by atoms with Gasteiger partial charge < -0.3 is 9.64 Å². The number of fused-ring (bicyclic) bond motifs is 1. The maximum atomic E-state index is 6.21. The maximum Gasteiger partial charge on any atom is 0.0909 e. The number of aryl methyl sites for hydroxylation is 1. The van der Waals surface area contributed by atoms with E-state index in [1.54, 1.807) is 0 Å². The summed E-state index contributed by atoms with van der Waals surface area (Å²) in [6, 6.07) is 4.63. The predicted molar refractivity (Wildman–Crippen MR) is 96.6 cm³/mol. The molecule has 1 aromatic carbocycles. The summed E-state index contributed by atoms with van der Waals surface area (Å²) < 4.78 is 6.21. The Morgan fingerprint density at radius 1 is 1.26 bits per heavy atom. The fourth-order valence-electron chi connectivity index (χ4n) is 3.84. The van der Waals surface area contributed by atoms with Gasteiger partial charge >= 0.3 is 0 Å². The highest BCUT2D eigenvalue weighted by Crippen LogP contribution is 2.41. The van der Waals surface area contributed by atoms with Crippen LogP contribution in [0.15, 0.2) is 17.1 Å². The average molecular weight is 314 g/mol. The van der Waals surface area contributed by atoms with Gasteiger partial charge in [-0.3, -0.25) is 0 Å². The second-order valence-electron chi connectivity index (χ2n) is 7.09. The molecule has 1 aliphatic carbocycles. The molecular weight excluding hydrogens is 284 g/mol. The molecule has 0 N–H and O–H groups in total. The first-order chi connectivity index (χ1) is 11.2. The van der Waals surface area contributed by atoms with Gasteiger partial charge in [-0.25, -0.2) is 4.99 Å². The Bertz CT molecular complexity index is 561. The summed E-state index contributed by atoms with van der Waals surface area (Å²) in [6.07, 6.45) is 10.0. The van der Waals surface area contributed by atoms with E-state index in [9.17, 15) is 0 Å². The molecule has 0 radical (unpaired) electrons. The fourth-order valence-corrected chi connectivity index (χ4v) is 3.84. The van der Waals surface area contributed by atoms with Crippen molar-refractivity contribution in [3.63, 3.8) is 0 Å². The Morgan fingerprint density at radius 3 is 2.78 bits per heavy atom. The second kappa shape index (κ2) is 7.48. The van der Waals surface area contributed by atoms with Crippen LogP contribution in [0, 0.1) is 12.8 Å². The van der Waals surface area contributed by atoms with E-state index in [1.807, 2.05) is 6.34 Å². The van der Waals surface area contributed by atoms with Gasteiger partial charge in [-0.2, -0.15) is 0 Å². The molecule has 1 aliphatic heterocycles. The summed E-state index contributed by atoms with van der Waals surface area (Å²) in [5.41, 5.74) is 5.25. The third-order valence-electron chi connectivity index (χ3n) is 5.40. The van der Waals surface area contributed by atoms with Crippen LogP contribution in [-0.4, -0.2) is 31.4 Å². The van der Waals surface area contributed by atoms with Gasteiger partial charge in [-0.05, 0) is 61.8 Å². The highest BCUT2D eigenvalue weighted by molar-refractivity contribution is 5.64. The maximum absolute atomic E-state index is 6.21. The lowest BCUT2D eigenvalue weighted by atomic mass is 9.80. The van der Waals surface area contributed by atoms with Gasteiger partial charge in [0.25, 0.3) is 0 Å². The molecule has 1 unspecified atom stereocenters. The molecule has 1 fully saturated rings. The number of hydrogen-bond acceptors (Lipinski definition) is 2. The third-order valence-corrected chi connectivity index (χ3v) is 5.40. The summed E-state index contributed by atoms with van der Waals surface area (Å²) in [7, 11) is 2.06. The lowest BCUT2D eigenvalue weighted by Crippen LogP contribution is -2.25. The van der Waals surface area contributed by atoms with Crippen LogP contribution >= 0.6 is 0 Å². The van der Waals surface area contributed by atoms with E-state index < -0.39 is 0 Å². The monoisotopic (exact) mass is 314 g/mol. The number of benzene rings is 1. The Labute approximate surface area is 140 Å². The lowest BCUT2D eigenvalue weighted by molar-refractivity contribution is -0.0103. The van der Waals surface area contributed by atoms with Gasteiger partial charge in [0.15, 0.2) is 0 Å². The largest absolute Gasteiger partial charge is 0.373 e. The zero-order chi connectivity index (χ0) is 16.2.